The van der Waals surface area contributed by atoms with Crippen molar-refractivity contribution < 1.29 is 37.7 Å². The molecule has 3 rings (SSSR count). The molecule has 0 radical (unpaired) electrons. The number of carbonyl (C=O) groups is 3. The average molecular weight is 426 g/mol. The Morgan fingerprint density at radius 3 is 2.10 bits per heavy atom. The summed E-state index contributed by atoms with van der Waals surface area (Å²) in [6.45, 7) is 3.61. The fraction of sp³-hybridized carbons (Fsp3) is 0.182. The number of rotatable bonds is 5. The van der Waals surface area contributed by atoms with Crippen LogP contribution in [-0.4, -0.2) is 25.0 Å². The minimum atomic E-state index is -0.724. The molecule has 0 aliphatic rings. The second-order valence-electron chi connectivity index (χ2n) is 6.39. The van der Waals surface area contributed by atoms with E-state index in [1.165, 1.54) is 51.3 Å². The third-order valence-corrected chi connectivity index (χ3v) is 4.01. The van der Waals surface area contributed by atoms with Gasteiger partial charge >= 0.3 is 17.9 Å². The summed E-state index contributed by atoms with van der Waals surface area (Å²) in [5, 5.41) is 0.115. The van der Waals surface area contributed by atoms with Gasteiger partial charge in [0, 0.05) is 32.4 Å². The van der Waals surface area contributed by atoms with Gasteiger partial charge in [-0.3, -0.25) is 19.2 Å². The van der Waals surface area contributed by atoms with Gasteiger partial charge in [-0.15, -0.1) is 0 Å². The Bertz CT molecular complexity index is 1250. The van der Waals surface area contributed by atoms with Crippen molar-refractivity contribution in [1.82, 2.24) is 0 Å². The van der Waals surface area contributed by atoms with Crippen LogP contribution in [0.4, 0.5) is 0 Å². The van der Waals surface area contributed by atoms with Gasteiger partial charge in [0.05, 0.1) is 12.5 Å². The molecule has 0 saturated heterocycles. The normalized spacial score (nSPS) is 10.5. The minimum absolute atomic E-state index is 0.0799. The van der Waals surface area contributed by atoms with Crippen LogP contribution in [-0.2, 0) is 14.4 Å². The lowest BCUT2D eigenvalue weighted by molar-refractivity contribution is -0.132. The van der Waals surface area contributed by atoms with Crippen LogP contribution in [0, 0.1) is 0 Å². The highest BCUT2D eigenvalue weighted by molar-refractivity contribution is 5.86. The molecule has 0 unspecified atom stereocenters. The van der Waals surface area contributed by atoms with E-state index in [-0.39, 0.29) is 45.3 Å². The second kappa shape index (κ2) is 8.70. The number of fused-ring (bicyclic) bond motifs is 1. The van der Waals surface area contributed by atoms with Gasteiger partial charge in [0.25, 0.3) is 0 Å². The largest absolute Gasteiger partial charge is 0.493 e. The van der Waals surface area contributed by atoms with E-state index in [1.807, 2.05) is 0 Å². The van der Waals surface area contributed by atoms with E-state index in [9.17, 15) is 19.2 Å². The van der Waals surface area contributed by atoms with E-state index < -0.39 is 23.3 Å². The number of hydrogen-bond acceptors (Lipinski definition) is 9. The number of hydrogen-bond donors (Lipinski definition) is 0. The maximum atomic E-state index is 13.0. The predicted molar refractivity (Wildman–Crippen MR) is 108 cm³/mol. The van der Waals surface area contributed by atoms with Gasteiger partial charge < -0.3 is 23.4 Å². The summed E-state index contributed by atoms with van der Waals surface area (Å²) in [5.41, 5.74) is -0.227. The molecule has 0 aliphatic heterocycles. The van der Waals surface area contributed by atoms with Crippen LogP contribution in [0.15, 0.2) is 45.6 Å². The molecule has 1 heterocycles. The van der Waals surface area contributed by atoms with Crippen LogP contribution < -0.4 is 24.4 Å². The van der Waals surface area contributed by atoms with Gasteiger partial charge in [0.1, 0.15) is 11.3 Å². The molecule has 0 atom stereocenters. The SMILES string of the molecule is COc1ccc(-c2oc3cc(OC(C)=O)ccc3c(=O)c2OC(C)=O)cc1OC(C)=O. The molecule has 160 valence electrons. The number of benzene rings is 2. The van der Waals surface area contributed by atoms with Gasteiger partial charge in [0.15, 0.2) is 17.3 Å². The van der Waals surface area contributed by atoms with Gasteiger partial charge in [-0.25, -0.2) is 0 Å². The van der Waals surface area contributed by atoms with Gasteiger partial charge in [0.2, 0.25) is 11.2 Å². The third kappa shape index (κ3) is 4.72. The molecule has 0 saturated carbocycles. The zero-order valence-electron chi connectivity index (χ0n) is 17.1. The summed E-state index contributed by atoms with van der Waals surface area (Å²) in [6.07, 6.45) is 0. The lowest BCUT2D eigenvalue weighted by Crippen LogP contribution is -2.13. The van der Waals surface area contributed by atoms with Crippen molar-refractivity contribution in [3.63, 3.8) is 0 Å². The van der Waals surface area contributed by atoms with Crippen LogP contribution in [0.3, 0.4) is 0 Å². The quantitative estimate of drug-likeness (QED) is 0.447. The minimum Gasteiger partial charge on any atom is -0.493 e. The highest BCUT2D eigenvalue weighted by Crippen LogP contribution is 2.37. The van der Waals surface area contributed by atoms with E-state index in [0.29, 0.717) is 0 Å². The molecular formula is C22H18O9. The molecule has 3 aromatic rings. The maximum Gasteiger partial charge on any atom is 0.308 e. The van der Waals surface area contributed by atoms with Crippen molar-refractivity contribution in [2.75, 3.05) is 7.11 Å². The Morgan fingerprint density at radius 2 is 1.48 bits per heavy atom. The molecule has 0 aliphatic carbocycles. The van der Waals surface area contributed by atoms with Gasteiger partial charge in [-0.2, -0.15) is 0 Å². The average Bonchev–Trinajstić information content (AvgIpc) is 2.68. The summed E-state index contributed by atoms with van der Waals surface area (Å²) in [4.78, 5) is 47.3. The maximum absolute atomic E-state index is 13.0. The molecule has 0 N–H and O–H groups in total. The Kier molecular flexibility index (Phi) is 6.05. The Hall–Kier alpha value is -4.14. The molecule has 9 nitrogen and oxygen atoms in total. The second-order valence-corrected chi connectivity index (χ2v) is 6.39. The molecule has 2 aromatic carbocycles. The zero-order chi connectivity index (χ0) is 22.7. The molecule has 0 amide bonds. The number of methoxy groups -OCH3 is 1. The first-order valence-electron chi connectivity index (χ1n) is 9.04. The smallest absolute Gasteiger partial charge is 0.308 e. The summed E-state index contributed by atoms with van der Waals surface area (Å²) in [5.74, 6) is -1.74. The standard InChI is InChI=1S/C22H18O9/c1-11(23)28-15-6-7-16-18(10-15)31-21(22(20(16)26)30-13(3)25)14-5-8-17(27-4)19(9-14)29-12(2)24/h5-10H,1-4H3. The first-order chi connectivity index (χ1) is 14.7. The van der Waals surface area contributed by atoms with Crippen molar-refractivity contribution >= 4 is 28.9 Å². The first-order valence-corrected chi connectivity index (χ1v) is 9.04. The molecule has 1 aromatic heterocycles. The summed E-state index contributed by atoms with van der Waals surface area (Å²) in [6, 6.07) is 8.64. The third-order valence-electron chi connectivity index (χ3n) is 4.01. The zero-order valence-corrected chi connectivity index (χ0v) is 17.1. The van der Waals surface area contributed by atoms with Crippen molar-refractivity contribution in [1.29, 1.82) is 0 Å². The Balaban J connectivity index is 2.28. The van der Waals surface area contributed by atoms with Crippen LogP contribution >= 0.6 is 0 Å². The van der Waals surface area contributed by atoms with Gasteiger partial charge in [-0.05, 0) is 30.3 Å². The Morgan fingerprint density at radius 1 is 0.806 bits per heavy atom. The summed E-state index contributed by atoms with van der Waals surface area (Å²) < 4.78 is 26.4. The molecule has 9 heteroatoms. The molecule has 0 spiro atoms. The predicted octanol–water partition coefficient (Wildman–Crippen LogP) is 3.24. The van der Waals surface area contributed by atoms with E-state index >= 15 is 0 Å². The van der Waals surface area contributed by atoms with E-state index in [0.717, 1.165) is 6.92 Å². The summed E-state index contributed by atoms with van der Waals surface area (Å²) >= 11 is 0. The van der Waals surface area contributed by atoms with Crippen LogP contribution in [0.5, 0.6) is 23.0 Å². The monoisotopic (exact) mass is 426 g/mol. The molecule has 31 heavy (non-hydrogen) atoms. The van der Waals surface area contributed by atoms with Crippen LogP contribution in [0.2, 0.25) is 0 Å². The van der Waals surface area contributed by atoms with Gasteiger partial charge in [-0.1, -0.05) is 0 Å². The summed E-state index contributed by atoms with van der Waals surface area (Å²) in [7, 11) is 1.40. The van der Waals surface area contributed by atoms with E-state index in [2.05, 4.69) is 0 Å². The number of carbonyl (C=O) groups excluding carboxylic acids is 3. The number of ether oxygens (including phenoxy) is 4. The fourth-order valence-corrected chi connectivity index (χ4v) is 2.86. The Labute approximate surface area is 176 Å². The number of esters is 3. The fourth-order valence-electron chi connectivity index (χ4n) is 2.86. The van der Waals surface area contributed by atoms with Crippen molar-refractivity contribution in [2.45, 2.75) is 20.8 Å². The molecular weight excluding hydrogens is 408 g/mol. The molecule has 0 fully saturated rings. The topological polar surface area (TPSA) is 118 Å². The van der Waals surface area contributed by atoms with E-state index in [4.69, 9.17) is 23.4 Å². The van der Waals surface area contributed by atoms with Crippen LogP contribution in [0.25, 0.3) is 22.3 Å². The van der Waals surface area contributed by atoms with Crippen molar-refractivity contribution in [3.05, 3.63) is 46.6 Å². The first kappa shape index (κ1) is 21.6. The molecule has 0 bridgehead atoms. The lowest BCUT2D eigenvalue weighted by atomic mass is 10.1. The highest BCUT2D eigenvalue weighted by atomic mass is 16.6. The highest BCUT2D eigenvalue weighted by Gasteiger charge is 2.21. The van der Waals surface area contributed by atoms with Crippen LogP contribution in [0.1, 0.15) is 20.8 Å². The van der Waals surface area contributed by atoms with Crippen molar-refractivity contribution in [3.8, 4) is 34.3 Å². The van der Waals surface area contributed by atoms with E-state index in [1.54, 1.807) is 6.07 Å². The lowest BCUT2D eigenvalue weighted by Gasteiger charge is -2.13. The van der Waals surface area contributed by atoms with Crippen molar-refractivity contribution in [2.24, 2.45) is 0 Å².